The Bertz CT molecular complexity index is 1100. The molecular weight excluding hydrogens is 368 g/mol. The summed E-state index contributed by atoms with van der Waals surface area (Å²) in [5.74, 6) is 0.269. The van der Waals surface area contributed by atoms with Gasteiger partial charge >= 0.3 is 6.03 Å². The number of rotatable bonds is 5. The van der Waals surface area contributed by atoms with Gasteiger partial charge in [0.25, 0.3) is 5.91 Å². The Morgan fingerprint density at radius 3 is 2.52 bits per heavy atom. The molecule has 7 heteroatoms. The molecule has 7 nitrogen and oxygen atoms in total. The average Bonchev–Trinajstić information content (AvgIpc) is 3.34. The number of benzene rings is 1. The second kappa shape index (κ2) is 6.91. The van der Waals surface area contributed by atoms with Gasteiger partial charge in [-0.1, -0.05) is 18.2 Å². The summed E-state index contributed by atoms with van der Waals surface area (Å²) in [5.41, 5.74) is 2.22. The van der Waals surface area contributed by atoms with Crippen LogP contribution in [0.4, 0.5) is 4.79 Å². The van der Waals surface area contributed by atoms with Crippen molar-refractivity contribution in [3.8, 4) is 0 Å². The lowest BCUT2D eigenvalue weighted by molar-refractivity contribution is 0.0860. The van der Waals surface area contributed by atoms with Gasteiger partial charge in [-0.2, -0.15) is 0 Å². The number of aromatic nitrogens is 2. The van der Waals surface area contributed by atoms with E-state index >= 15 is 0 Å². The van der Waals surface area contributed by atoms with Crippen LogP contribution in [0.1, 0.15) is 37.2 Å². The van der Waals surface area contributed by atoms with Gasteiger partial charge in [0, 0.05) is 26.0 Å². The number of nitrogens with zero attached hydrogens (tertiary/aromatic N) is 3. The lowest BCUT2D eigenvalue weighted by Crippen LogP contribution is -2.47. The highest BCUT2D eigenvalue weighted by Gasteiger charge is 2.30. The lowest BCUT2D eigenvalue weighted by atomic mass is 10.1. The monoisotopic (exact) mass is 396 g/mol. The standard InChI is InChI=1S/C22H28N4O3/c1-22(2,13-27)23-20(28)18-11-17-19(26(18)21(29)24(3)4)15-7-5-6-8-16(15)25(17)12-14-9-10-14/h5-8,11,14,27H,9-10,12-13H2,1-4H3,(H,23,28). The molecule has 0 bridgehead atoms. The van der Waals surface area contributed by atoms with Crippen molar-refractivity contribution in [2.24, 2.45) is 5.92 Å². The zero-order chi connectivity index (χ0) is 20.9. The van der Waals surface area contributed by atoms with Gasteiger partial charge in [0.2, 0.25) is 0 Å². The van der Waals surface area contributed by atoms with Crippen LogP contribution in [0.5, 0.6) is 0 Å². The number of hydrogen-bond donors (Lipinski definition) is 2. The van der Waals surface area contributed by atoms with E-state index in [2.05, 4.69) is 16.0 Å². The van der Waals surface area contributed by atoms with Crippen LogP contribution in [0, 0.1) is 5.92 Å². The number of amides is 2. The molecule has 4 rings (SSSR count). The van der Waals surface area contributed by atoms with E-state index in [0.717, 1.165) is 28.5 Å². The van der Waals surface area contributed by atoms with Crippen LogP contribution in [0.25, 0.3) is 21.9 Å². The fourth-order valence-corrected chi connectivity index (χ4v) is 3.73. The molecule has 0 unspecified atom stereocenters. The zero-order valence-corrected chi connectivity index (χ0v) is 17.4. The number of fused-ring (bicyclic) bond motifs is 3. The van der Waals surface area contributed by atoms with Crippen molar-refractivity contribution in [1.29, 1.82) is 0 Å². The molecular formula is C22H28N4O3. The smallest absolute Gasteiger partial charge is 0.328 e. The Morgan fingerprint density at radius 1 is 1.21 bits per heavy atom. The number of carbonyl (C=O) groups excluding carboxylic acids is 2. The molecule has 2 amide bonds. The number of nitrogens with one attached hydrogen (secondary N) is 1. The first kappa shape index (κ1) is 19.5. The third kappa shape index (κ3) is 3.40. The van der Waals surface area contributed by atoms with E-state index in [0.29, 0.717) is 5.92 Å². The fourth-order valence-electron chi connectivity index (χ4n) is 3.73. The topological polar surface area (TPSA) is 79.5 Å². The molecule has 2 heterocycles. The highest BCUT2D eigenvalue weighted by molar-refractivity contribution is 6.14. The molecule has 0 atom stereocenters. The summed E-state index contributed by atoms with van der Waals surface area (Å²) in [6, 6.07) is 9.55. The van der Waals surface area contributed by atoms with Crippen molar-refractivity contribution in [1.82, 2.24) is 19.4 Å². The third-order valence-corrected chi connectivity index (χ3v) is 5.51. The summed E-state index contributed by atoms with van der Waals surface area (Å²) in [6.45, 7) is 4.17. The van der Waals surface area contributed by atoms with Crippen molar-refractivity contribution in [2.75, 3.05) is 20.7 Å². The van der Waals surface area contributed by atoms with Crippen molar-refractivity contribution < 1.29 is 14.7 Å². The van der Waals surface area contributed by atoms with Crippen LogP contribution in [0.15, 0.2) is 30.3 Å². The van der Waals surface area contributed by atoms with E-state index in [1.807, 2.05) is 24.3 Å². The molecule has 154 valence electrons. The van der Waals surface area contributed by atoms with E-state index in [4.69, 9.17) is 0 Å². The first-order valence-corrected chi connectivity index (χ1v) is 10.0. The number of carbonyl (C=O) groups is 2. The molecule has 0 radical (unpaired) electrons. The molecule has 1 saturated carbocycles. The van der Waals surface area contributed by atoms with E-state index in [-0.39, 0.29) is 24.2 Å². The Morgan fingerprint density at radius 2 is 1.90 bits per heavy atom. The van der Waals surface area contributed by atoms with Gasteiger partial charge in [-0.3, -0.25) is 9.36 Å². The SMILES string of the molecule is CN(C)C(=O)n1c(C(=O)NC(C)(C)CO)cc2c1c1ccccc1n2CC1CC1. The maximum atomic E-state index is 13.1. The third-order valence-electron chi connectivity index (χ3n) is 5.51. The van der Waals surface area contributed by atoms with Crippen molar-refractivity contribution in [2.45, 2.75) is 38.8 Å². The summed E-state index contributed by atoms with van der Waals surface area (Å²) in [6.07, 6.45) is 2.42. The maximum Gasteiger partial charge on any atom is 0.328 e. The second-order valence-corrected chi connectivity index (χ2v) is 8.84. The van der Waals surface area contributed by atoms with Gasteiger partial charge in [-0.15, -0.1) is 0 Å². The van der Waals surface area contributed by atoms with Crippen LogP contribution in [-0.2, 0) is 6.54 Å². The van der Waals surface area contributed by atoms with E-state index in [9.17, 15) is 14.7 Å². The maximum absolute atomic E-state index is 13.1. The second-order valence-electron chi connectivity index (χ2n) is 8.84. The quantitative estimate of drug-likeness (QED) is 0.696. The minimum Gasteiger partial charge on any atom is -0.394 e. The Kier molecular flexibility index (Phi) is 4.65. The van der Waals surface area contributed by atoms with Crippen LogP contribution >= 0.6 is 0 Å². The average molecular weight is 396 g/mol. The molecule has 0 spiro atoms. The first-order chi connectivity index (χ1) is 13.7. The Hall–Kier alpha value is -2.80. The van der Waals surface area contributed by atoms with Gasteiger partial charge in [-0.05, 0) is 44.7 Å². The predicted molar refractivity (Wildman–Crippen MR) is 113 cm³/mol. The minimum absolute atomic E-state index is 0.197. The van der Waals surface area contributed by atoms with Gasteiger partial charge in [-0.25, -0.2) is 4.79 Å². The Labute approximate surface area is 169 Å². The lowest BCUT2D eigenvalue weighted by Gasteiger charge is -2.24. The van der Waals surface area contributed by atoms with E-state index < -0.39 is 5.54 Å². The largest absolute Gasteiger partial charge is 0.394 e. The molecule has 1 aliphatic rings. The Balaban J connectivity index is 1.97. The number of hydrogen-bond acceptors (Lipinski definition) is 3. The van der Waals surface area contributed by atoms with Crippen LogP contribution < -0.4 is 5.32 Å². The van der Waals surface area contributed by atoms with Crippen LogP contribution in [0.2, 0.25) is 0 Å². The van der Waals surface area contributed by atoms with Crippen molar-refractivity contribution in [3.63, 3.8) is 0 Å². The summed E-state index contributed by atoms with van der Waals surface area (Å²) in [4.78, 5) is 27.7. The van der Waals surface area contributed by atoms with Crippen LogP contribution in [-0.4, -0.2) is 57.3 Å². The molecule has 1 aliphatic carbocycles. The van der Waals surface area contributed by atoms with Gasteiger partial charge < -0.3 is 19.9 Å². The van der Waals surface area contributed by atoms with E-state index in [1.165, 1.54) is 22.3 Å². The normalized spacial score (nSPS) is 14.5. The summed E-state index contributed by atoms with van der Waals surface area (Å²) < 4.78 is 3.74. The number of para-hydroxylation sites is 1. The summed E-state index contributed by atoms with van der Waals surface area (Å²) in [7, 11) is 3.35. The van der Waals surface area contributed by atoms with Crippen LogP contribution in [0.3, 0.4) is 0 Å². The number of aliphatic hydroxyl groups excluding tert-OH is 1. The highest BCUT2D eigenvalue weighted by Crippen LogP contribution is 2.37. The van der Waals surface area contributed by atoms with Gasteiger partial charge in [0.15, 0.2) is 0 Å². The summed E-state index contributed by atoms with van der Waals surface area (Å²) >= 11 is 0. The van der Waals surface area contributed by atoms with Crippen molar-refractivity contribution >= 4 is 33.9 Å². The molecule has 1 fully saturated rings. The molecule has 1 aromatic carbocycles. The highest BCUT2D eigenvalue weighted by atomic mass is 16.3. The fraction of sp³-hybridized carbons (Fsp3) is 0.455. The van der Waals surface area contributed by atoms with Gasteiger partial charge in [0.05, 0.1) is 28.7 Å². The number of aliphatic hydroxyl groups is 1. The molecule has 29 heavy (non-hydrogen) atoms. The predicted octanol–water partition coefficient (Wildman–Crippen LogP) is 3.04. The van der Waals surface area contributed by atoms with Gasteiger partial charge in [0.1, 0.15) is 5.69 Å². The molecule has 2 N–H and O–H groups in total. The molecule has 0 aliphatic heterocycles. The summed E-state index contributed by atoms with van der Waals surface area (Å²) in [5, 5.41) is 13.3. The minimum atomic E-state index is -0.788. The zero-order valence-electron chi connectivity index (χ0n) is 17.4. The molecule has 2 aromatic heterocycles. The molecule has 0 saturated heterocycles. The van der Waals surface area contributed by atoms with Crippen molar-refractivity contribution in [3.05, 3.63) is 36.0 Å². The first-order valence-electron chi connectivity index (χ1n) is 10.0. The molecule has 3 aromatic rings. The van der Waals surface area contributed by atoms with E-state index in [1.54, 1.807) is 27.9 Å².